The van der Waals surface area contributed by atoms with Gasteiger partial charge < -0.3 is 5.32 Å². The third-order valence-corrected chi connectivity index (χ3v) is 3.50. The van der Waals surface area contributed by atoms with E-state index in [-0.39, 0.29) is 22.7 Å². The van der Waals surface area contributed by atoms with Gasteiger partial charge in [-0.15, -0.1) is 0 Å². The summed E-state index contributed by atoms with van der Waals surface area (Å²) >= 11 is 0. The summed E-state index contributed by atoms with van der Waals surface area (Å²) in [6.07, 6.45) is 2.20. The molecule has 2 aromatic carbocycles. The third-order valence-electron chi connectivity index (χ3n) is 3.50. The van der Waals surface area contributed by atoms with Crippen molar-refractivity contribution in [2.75, 3.05) is 5.32 Å². The van der Waals surface area contributed by atoms with Crippen LogP contribution in [0.3, 0.4) is 0 Å². The summed E-state index contributed by atoms with van der Waals surface area (Å²) in [6, 6.07) is 10.2. The van der Waals surface area contributed by atoms with Gasteiger partial charge >= 0.3 is 0 Å². The highest BCUT2D eigenvalue weighted by molar-refractivity contribution is 6.32. The van der Waals surface area contributed by atoms with Gasteiger partial charge in [0.05, 0.1) is 22.7 Å². The molecule has 1 radical (unpaired) electrons. The second-order valence-electron chi connectivity index (χ2n) is 4.57. The van der Waals surface area contributed by atoms with Crippen molar-refractivity contribution < 1.29 is 9.59 Å². The minimum atomic E-state index is 0.165. The van der Waals surface area contributed by atoms with Crippen LogP contribution >= 0.6 is 0 Å². The molecule has 0 unspecified atom stereocenters. The Labute approximate surface area is 120 Å². The fourth-order valence-electron chi connectivity index (χ4n) is 2.56. The number of nitrogens with one attached hydrogen (secondary N) is 3. The van der Waals surface area contributed by atoms with E-state index in [4.69, 9.17) is 10.8 Å². The molecule has 3 N–H and O–H groups in total. The fourth-order valence-corrected chi connectivity index (χ4v) is 2.56. The Hall–Kier alpha value is -3.08. The van der Waals surface area contributed by atoms with Crippen LogP contribution in [0.25, 0.3) is 0 Å². The molecule has 0 heterocycles. The smallest absolute Gasteiger partial charge is 0.235 e. The molecule has 101 valence electrons. The molecular formula is C16H10N3O2. The average Bonchev–Trinajstić information content (AvgIpc) is 2.52. The summed E-state index contributed by atoms with van der Waals surface area (Å²) in [5.41, 5.74) is 3.00. The van der Waals surface area contributed by atoms with Crippen molar-refractivity contribution in [3.05, 3.63) is 64.2 Å². The fraction of sp³-hybridized carbons (Fsp3) is 0. The Balaban J connectivity index is 2.35. The molecular weight excluding hydrogens is 266 g/mol. The zero-order valence-electron chi connectivity index (χ0n) is 10.9. The van der Waals surface area contributed by atoms with Crippen molar-refractivity contribution in [1.82, 2.24) is 0 Å². The van der Waals surface area contributed by atoms with Gasteiger partial charge in [-0.05, 0) is 6.07 Å². The summed E-state index contributed by atoms with van der Waals surface area (Å²) < 4.78 is 0. The molecule has 1 aliphatic rings. The van der Waals surface area contributed by atoms with Crippen LogP contribution in [0, 0.1) is 10.8 Å². The van der Waals surface area contributed by atoms with Gasteiger partial charge in [0.25, 0.3) is 0 Å². The Morgan fingerprint density at radius 3 is 2.24 bits per heavy atom. The highest BCUT2D eigenvalue weighted by atomic mass is 16.1. The van der Waals surface area contributed by atoms with Crippen LogP contribution in [-0.4, -0.2) is 24.1 Å². The lowest BCUT2D eigenvalue weighted by molar-refractivity contribution is -0.105. The van der Waals surface area contributed by atoms with E-state index in [1.807, 2.05) is 6.07 Å². The summed E-state index contributed by atoms with van der Waals surface area (Å²) in [7, 11) is 0. The third kappa shape index (κ3) is 1.79. The predicted molar refractivity (Wildman–Crippen MR) is 79.2 cm³/mol. The van der Waals surface area contributed by atoms with E-state index in [2.05, 4.69) is 5.32 Å². The second kappa shape index (κ2) is 4.79. The molecule has 5 nitrogen and oxygen atoms in total. The molecule has 0 saturated carbocycles. The van der Waals surface area contributed by atoms with Gasteiger partial charge in [0.1, 0.15) is 0 Å². The molecule has 0 saturated heterocycles. The molecule has 21 heavy (non-hydrogen) atoms. The maximum absolute atomic E-state index is 11.0. The minimum Gasteiger partial charge on any atom is -0.327 e. The van der Waals surface area contributed by atoms with Crippen molar-refractivity contribution in [3.8, 4) is 0 Å². The molecule has 0 aromatic heterocycles. The SMILES string of the molecule is N=C1c2ccccc2C(=N)c2c1ccc([C]=O)c2NC=O. The van der Waals surface area contributed by atoms with Gasteiger partial charge in [-0.25, -0.2) is 0 Å². The Bertz CT molecular complexity index is 809. The molecule has 0 atom stereocenters. The summed E-state index contributed by atoms with van der Waals surface area (Å²) in [6.45, 7) is 0. The lowest BCUT2D eigenvalue weighted by Crippen LogP contribution is -2.23. The van der Waals surface area contributed by atoms with Gasteiger partial charge in [-0.1, -0.05) is 30.3 Å². The molecule has 5 heteroatoms. The molecule has 1 amide bonds. The lowest BCUT2D eigenvalue weighted by Gasteiger charge is -2.24. The van der Waals surface area contributed by atoms with Gasteiger partial charge in [0, 0.05) is 22.3 Å². The zero-order chi connectivity index (χ0) is 15.0. The van der Waals surface area contributed by atoms with Crippen molar-refractivity contribution in [2.45, 2.75) is 0 Å². The predicted octanol–water partition coefficient (Wildman–Crippen LogP) is 1.86. The molecule has 2 aromatic rings. The maximum Gasteiger partial charge on any atom is 0.235 e. The van der Waals surface area contributed by atoms with E-state index >= 15 is 0 Å². The Morgan fingerprint density at radius 2 is 1.62 bits per heavy atom. The topological polar surface area (TPSA) is 93.9 Å². The first-order valence-corrected chi connectivity index (χ1v) is 6.22. The van der Waals surface area contributed by atoms with E-state index < -0.39 is 0 Å². The van der Waals surface area contributed by atoms with Crippen LogP contribution in [0.2, 0.25) is 0 Å². The first kappa shape index (κ1) is 12.9. The van der Waals surface area contributed by atoms with Crippen LogP contribution in [0.15, 0.2) is 36.4 Å². The quantitative estimate of drug-likeness (QED) is 0.637. The minimum absolute atomic E-state index is 0.165. The first-order valence-electron chi connectivity index (χ1n) is 6.22. The van der Waals surface area contributed by atoms with Crippen molar-refractivity contribution >= 4 is 29.8 Å². The zero-order valence-corrected chi connectivity index (χ0v) is 10.9. The van der Waals surface area contributed by atoms with Crippen molar-refractivity contribution in [3.63, 3.8) is 0 Å². The number of fused-ring (bicyclic) bond motifs is 2. The Morgan fingerprint density at radius 1 is 0.952 bits per heavy atom. The van der Waals surface area contributed by atoms with Crippen LogP contribution in [0.1, 0.15) is 27.8 Å². The number of anilines is 1. The van der Waals surface area contributed by atoms with Gasteiger partial charge in [0.2, 0.25) is 12.7 Å². The number of carbonyl (C=O) groups excluding carboxylic acids is 2. The normalized spacial score (nSPS) is 12.4. The van der Waals surface area contributed by atoms with Crippen LogP contribution in [0.4, 0.5) is 5.69 Å². The molecule has 3 rings (SSSR count). The number of hydrogen-bond acceptors (Lipinski definition) is 4. The molecule has 0 aliphatic heterocycles. The van der Waals surface area contributed by atoms with E-state index in [0.717, 1.165) is 0 Å². The van der Waals surface area contributed by atoms with Crippen LogP contribution in [0.5, 0.6) is 0 Å². The van der Waals surface area contributed by atoms with Crippen molar-refractivity contribution in [1.29, 1.82) is 10.8 Å². The standard InChI is InChI=1S/C16H10N3O2/c17-14-10-3-1-2-4-11(10)15(18)13-12(14)6-5-9(7-20)16(13)19-8-21/h1-6,8,17-18H,(H,19,21). The number of hydrogen-bond donors (Lipinski definition) is 3. The van der Waals surface area contributed by atoms with Crippen LogP contribution in [-0.2, 0) is 9.59 Å². The second-order valence-corrected chi connectivity index (χ2v) is 4.57. The summed E-state index contributed by atoms with van der Waals surface area (Å²) in [5, 5.41) is 19.1. The van der Waals surface area contributed by atoms with Gasteiger partial charge in [-0.2, -0.15) is 0 Å². The summed E-state index contributed by atoms with van der Waals surface area (Å²) in [5.74, 6) is 0. The van der Waals surface area contributed by atoms with E-state index in [0.29, 0.717) is 28.7 Å². The molecule has 0 fully saturated rings. The van der Waals surface area contributed by atoms with Crippen LogP contribution < -0.4 is 5.32 Å². The van der Waals surface area contributed by atoms with Gasteiger partial charge in [-0.3, -0.25) is 20.4 Å². The van der Waals surface area contributed by atoms with E-state index in [1.54, 1.807) is 30.6 Å². The summed E-state index contributed by atoms with van der Waals surface area (Å²) in [4.78, 5) is 21.8. The number of rotatable bonds is 3. The highest BCUT2D eigenvalue weighted by Gasteiger charge is 2.28. The largest absolute Gasteiger partial charge is 0.327 e. The highest BCUT2D eigenvalue weighted by Crippen LogP contribution is 2.33. The maximum atomic E-state index is 11.0. The van der Waals surface area contributed by atoms with Gasteiger partial charge in [0.15, 0.2) is 0 Å². The Kier molecular flexibility index (Phi) is 2.95. The van der Waals surface area contributed by atoms with E-state index in [1.165, 1.54) is 6.07 Å². The number of carbonyl (C=O) groups is 1. The molecule has 1 aliphatic carbocycles. The van der Waals surface area contributed by atoms with E-state index in [9.17, 15) is 9.59 Å². The average molecular weight is 276 g/mol. The molecule has 0 spiro atoms. The number of amides is 1. The van der Waals surface area contributed by atoms with Crippen molar-refractivity contribution in [2.24, 2.45) is 0 Å². The molecule has 0 bridgehead atoms. The number of benzene rings is 2. The monoisotopic (exact) mass is 276 g/mol. The first-order chi connectivity index (χ1) is 10.2. The lowest BCUT2D eigenvalue weighted by atomic mass is 9.81.